The van der Waals surface area contributed by atoms with Crippen LogP contribution in [0.2, 0.25) is 0 Å². The Kier molecular flexibility index (Phi) is 6.81. The molecule has 2 aromatic heterocycles. The van der Waals surface area contributed by atoms with Gasteiger partial charge < -0.3 is 34.6 Å². The van der Waals surface area contributed by atoms with Crippen molar-refractivity contribution in [2.75, 3.05) is 19.9 Å². The zero-order valence-corrected chi connectivity index (χ0v) is 18.4. The third-order valence-electron chi connectivity index (χ3n) is 5.41. The largest absolute Gasteiger partial charge is 0.506 e. The summed E-state index contributed by atoms with van der Waals surface area (Å²) in [5.41, 5.74) is 0.465. The second-order valence-corrected chi connectivity index (χ2v) is 7.56. The van der Waals surface area contributed by atoms with Crippen LogP contribution in [0.4, 0.5) is 0 Å². The first-order valence-electron chi connectivity index (χ1n) is 10.7. The molecular formula is C23H24N4O7. The zero-order valence-electron chi connectivity index (χ0n) is 18.4. The number of H-pyrrole nitrogens is 2. The van der Waals surface area contributed by atoms with E-state index in [9.17, 15) is 19.5 Å². The maximum atomic E-state index is 12.8. The Bertz CT molecular complexity index is 1240. The first kappa shape index (κ1) is 22.9. The highest BCUT2D eigenvalue weighted by atomic mass is 16.7. The Labute approximate surface area is 194 Å². The van der Waals surface area contributed by atoms with Crippen LogP contribution in [0.3, 0.4) is 0 Å². The number of ether oxygens (including phenoxy) is 3. The summed E-state index contributed by atoms with van der Waals surface area (Å²) in [5, 5.41) is 13.7. The van der Waals surface area contributed by atoms with Crippen molar-refractivity contribution >= 4 is 11.9 Å². The van der Waals surface area contributed by atoms with Gasteiger partial charge in [0.15, 0.2) is 11.5 Å². The van der Waals surface area contributed by atoms with Gasteiger partial charge >= 0.3 is 5.97 Å². The van der Waals surface area contributed by atoms with E-state index in [0.717, 1.165) is 11.9 Å². The number of fused-ring (bicyclic) bond motifs is 1. The molecular weight excluding hydrogens is 444 g/mol. The van der Waals surface area contributed by atoms with Crippen LogP contribution < -0.4 is 20.3 Å². The maximum absolute atomic E-state index is 12.8. The fourth-order valence-electron chi connectivity index (χ4n) is 3.76. The van der Waals surface area contributed by atoms with Crippen molar-refractivity contribution in [1.29, 1.82) is 0 Å². The summed E-state index contributed by atoms with van der Waals surface area (Å²) < 4.78 is 15.8. The molecule has 0 radical (unpaired) electrons. The molecule has 34 heavy (non-hydrogen) atoms. The standard InChI is InChI=1S/C23H24N4O7/c1-2-32-23(31)16-10-26-22(30)20(21(16)29)15(13-3-4-17-18(7-13)34-12-33-17)8-19(28)25-6-5-14-9-24-11-27-14/h3-4,7,9-11,15H,2,5-6,8,12H2,1H3,(H,24,27)(H,25,28)(H2,26,29,30). The second-order valence-electron chi connectivity index (χ2n) is 7.56. The molecule has 0 spiro atoms. The molecule has 0 fully saturated rings. The number of esters is 1. The van der Waals surface area contributed by atoms with Gasteiger partial charge in [-0.15, -0.1) is 0 Å². The van der Waals surface area contributed by atoms with Crippen molar-refractivity contribution in [3.8, 4) is 17.2 Å². The fraction of sp³-hybridized carbons (Fsp3) is 0.304. The molecule has 1 atom stereocenters. The highest BCUT2D eigenvalue weighted by molar-refractivity contribution is 5.92. The zero-order chi connectivity index (χ0) is 24.1. The van der Waals surface area contributed by atoms with Crippen molar-refractivity contribution in [1.82, 2.24) is 20.3 Å². The molecule has 3 aromatic rings. The number of nitrogens with one attached hydrogen (secondary N) is 3. The van der Waals surface area contributed by atoms with Gasteiger partial charge in [-0.3, -0.25) is 9.59 Å². The molecule has 11 heteroatoms. The quantitative estimate of drug-likeness (QED) is 0.345. The second kappa shape index (κ2) is 10.1. The van der Waals surface area contributed by atoms with Gasteiger partial charge in [-0.25, -0.2) is 9.78 Å². The van der Waals surface area contributed by atoms with E-state index in [4.69, 9.17) is 14.2 Å². The number of hydrogen-bond donors (Lipinski definition) is 4. The predicted molar refractivity (Wildman–Crippen MR) is 119 cm³/mol. The van der Waals surface area contributed by atoms with Gasteiger partial charge in [-0.05, 0) is 24.6 Å². The van der Waals surface area contributed by atoms with E-state index in [-0.39, 0.29) is 36.9 Å². The Hall–Kier alpha value is -4.28. The average Bonchev–Trinajstić information content (AvgIpc) is 3.50. The number of amides is 1. The van der Waals surface area contributed by atoms with Crippen LogP contribution in [-0.2, 0) is 16.0 Å². The summed E-state index contributed by atoms with van der Waals surface area (Å²) >= 11 is 0. The molecule has 0 saturated heterocycles. The number of imidazole rings is 1. The average molecular weight is 468 g/mol. The van der Waals surface area contributed by atoms with E-state index >= 15 is 0 Å². The van der Waals surface area contributed by atoms with E-state index in [1.165, 1.54) is 0 Å². The van der Waals surface area contributed by atoms with E-state index < -0.39 is 23.2 Å². The molecule has 1 amide bonds. The molecule has 3 heterocycles. The monoisotopic (exact) mass is 468 g/mol. The molecule has 1 aliphatic heterocycles. The SMILES string of the molecule is CCOC(=O)c1c[nH]c(=O)c(C(CC(=O)NCCc2cnc[nH]2)c2ccc3c(c2)OCO3)c1O. The Morgan fingerprint density at radius 1 is 1.26 bits per heavy atom. The Morgan fingerprint density at radius 3 is 2.85 bits per heavy atom. The number of carbonyl (C=O) groups is 2. The number of carbonyl (C=O) groups excluding carboxylic acids is 2. The van der Waals surface area contributed by atoms with E-state index in [1.54, 1.807) is 37.6 Å². The Morgan fingerprint density at radius 2 is 2.09 bits per heavy atom. The number of aromatic hydroxyl groups is 1. The lowest BCUT2D eigenvalue weighted by Crippen LogP contribution is -2.29. The van der Waals surface area contributed by atoms with Crippen LogP contribution in [0.15, 0.2) is 41.7 Å². The molecule has 1 unspecified atom stereocenters. The lowest BCUT2D eigenvalue weighted by atomic mass is 9.87. The molecule has 4 N–H and O–H groups in total. The fourth-order valence-corrected chi connectivity index (χ4v) is 3.76. The van der Waals surface area contributed by atoms with Crippen molar-refractivity contribution in [3.63, 3.8) is 0 Å². The van der Waals surface area contributed by atoms with Crippen LogP contribution in [0.1, 0.15) is 46.4 Å². The van der Waals surface area contributed by atoms with Gasteiger partial charge in [0.05, 0.1) is 18.5 Å². The predicted octanol–water partition coefficient (Wildman–Crippen LogP) is 1.59. The molecule has 178 valence electrons. The number of aromatic nitrogens is 3. The summed E-state index contributed by atoms with van der Waals surface area (Å²) in [6.07, 6.45) is 4.70. The number of nitrogens with zero attached hydrogens (tertiary/aromatic N) is 1. The van der Waals surface area contributed by atoms with Crippen molar-refractivity contribution in [3.05, 3.63) is 69.7 Å². The molecule has 0 aliphatic carbocycles. The minimum Gasteiger partial charge on any atom is -0.506 e. The Balaban J connectivity index is 1.65. The van der Waals surface area contributed by atoms with Gasteiger partial charge in [0.1, 0.15) is 11.3 Å². The molecule has 11 nitrogen and oxygen atoms in total. The summed E-state index contributed by atoms with van der Waals surface area (Å²) in [6, 6.07) is 5.01. The summed E-state index contributed by atoms with van der Waals surface area (Å²) in [5.74, 6) is -1.55. The van der Waals surface area contributed by atoms with Gasteiger partial charge in [-0.2, -0.15) is 0 Å². The normalized spacial score (nSPS) is 12.9. The topological polar surface area (TPSA) is 156 Å². The third kappa shape index (κ3) is 4.87. The van der Waals surface area contributed by atoms with Crippen molar-refractivity contribution in [2.24, 2.45) is 0 Å². The van der Waals surface area contributed by atoms with Gasteiger partial charge in [0.25, 0.3) is 5.56 Å². The smallest absolute Gasteiger partial charge is 0.343 e. The molecule has 0 saturated carbocycles. The first-order chi connectivity index (χ1) is 16.5. The van der Waals surface area contributed by atoms with Crippen LogP contribution >= 0.6 is 0 Å². The number of hydrogen-bond acceptors (Lipinski definition) is 8. The molecule has 1 aromatic carbocycles. The van der Waals surface area contributed by atoms with Crippen LogP contribution in [0.25, 0.3) is 0 Å². The minimum atomic E-state index is -0.875. The van der Waals surface area contributed by atoms with E-state index in [1.807, 2.05) is 0 Å². The molecule has 0 bridgehead atoms. The number of aromatic amines is 2. The summed E-state index contributed by atoms with van der Waals surface area (Å²) in [7, 11) is 0. The lowest BCUT2D eigenvalue weighted by molar-refractivity contribution is -0.121. The van der Waals surface area contributed by atoms with Gasteiger partial charge in [0.2, 0.25) is 12.7 Å². The highest BCUT2D eigenvalue weighted by Crippen LogP contribution is 2.39. The third-order valence-corrected chi connectivity index (χ3v) is 5.41. The number of pyridine rings is 1. The minimum absolute atomic E-state index is 0.0573. The van der Waals surface area contributed by atoms with Gasteiger partial charge in [0, 0.05) is 43.4 Å². The van der Waals surface area contributed by atoms with Gasteiger partial charge in [-0.1, -0.05) is 6.07 Å². The van der Waals surface area contributed by atoms with Crippen molar-refractivity contribution < 1.29 is 28.9 Å². The van der Waals surface area contributed by atoms with Crippen LogP contribution in [0, 0.1) is 0 Å². The first-order valence-corrected chi connectivity index (χ1v) is 10.7. The molecule has 4 rings (SSSR count). The summed E-state index contributed by atoms with van der Waals surface area (Å²) in [4.78, 5) is 47.3. The van der Waals surface area contributed by atoms with Crippen LogP contribution in [0.5, 0.6) is 17.2 Å². The summed E-state index contributed by atoms with van der Waals surface area (Å²) in [6.45, 7) is 2.13. The highest BCUT2D eigenvalue weighted by Gasteiger charge is 2.29. The lowest BCUT2D eigenvalue weighted by Gasteiger charge is -2.19. The van der Waals surface area contributed by atoms with E-state index in [2.05, 4.69) is 20.3 Å². The maximum Gasteiger partial charge on any atom is 0.343 e. The van der Waals surface area contributed by atoms with Crippen molar-refractivity contribution in [2.45, 2.75) is 25.7 Å². The van der Waals surface area contributed by atoms with E-state index in [0.29, 0.717) is 30.0 Å². The van der Waals surface area contributed by atoms with Crippen LogP contribution in [-0.4, -0.2) is 51.9 Å². The molecule has 1 aliphatic rings. The number of rotatable bonds is 9. The number of benzene rings is 1.